The molecule has 3 rings (SSSR count). The van der Waals surface area contributed by atoms with Crippen molar-refractivity contribution in [2.75, 3.05) is 7.11 Å². The highest BCUT2D eigenvalue weighted by Gasteiger charge is 2.23. The van der Waals surface area contributed by atoms with Crippen molar-refractivity contribution in [2.45, 2.75) is 18.9 Å². The summed E-state index contributed by atoms with van der Waals surface area (Å²) in [6, 6.07) is 9.59. The number of carbonyl (C=O) groups is 1. The molecule has 0 unspecified atom stereocenters. The molecule has 0 spiro atoms. The number of nitrogens with zero attached hydrogens (tertiary/aromatic N) is 1. The Balaban J connectivity index is 1.92. The maximum absolute atomic E-state index is 11.9. The lowest BCUT2D eigenvalue weighted by molar-refractivity contribution is 0.0951. The summed E-state index contributed by atoms with van der Waals surface area (Å²) >= 11 is 0. The molecule has 0 saturated heterocycles. The van der Waals surface area contributed by atoms with Gasteiger partial charge in [0.25, 0.3) is 5.91 Å². The number of benzene rings is 1. The topological polar surface area (TPSA) is 51.2 Å². The molecule has 1 aromatic heterocycles. The van der Waals surface area contributed by atoms with Gasteiger partial charge in [-0.3, -0.25) is 4.79 Å². The number of pyridine rings is 1. The second kappa shape index (κ2) is 4.29. The number of aromatic nitrogens is 1. The Morgan fingerprint density at radius 2 is 2.17 bits per heavy atom. The average Bonchev–Trinajstić information content (AvgIpc) is 3.21. The molecule has 1 aromatic carbocycles. The van der Waals surface area contributed by atoms with E-state index >= 15 is 0 Å². The van der Waals surface area contributed by atoms with E-state index in [9.17, 15) is 4.79 Å². The first-order chi connectivity index (χ1) is 8.76. The molecule has 1 fully saturated rings. The molecular formula is C14H14N2O2. The Kier molecular flexibility index (Phi) is 2.63. The highest BCUT2D eigenvalue weighted by Crippen LogP contribution is 2.21. The van der Waals surface area contributed by atoms with Crippen molar-refractivity contribution in [1.29, 1.82) is 0 Å². The number of nitrogens with one attached hydrogen (secondary N) is 1. The van der Waals surface area contributed by atoms with Gasteiger partial charge in [0.15, 0.2) is 0 Å². The molecule has 1 aliphatic carbocycles. The van der Waals surface area contributed by atoms with E-state index in [1.807, 2.05) is 18.2 Å². The van der Waals surface area contributed by atoms with Gasteiger partial charge in [-0.2, -0.15) is 0 Å². The van der Waals surface area contributed by atoms with E-state index in [2.05, 4.69) is 10.3 Å². The van der Waals surface area contributed by atoms with Gasteiger partial charge in [0.2, 0.25) is 5.88 Å². The van der Waals surface area contributed by atoms with Crippen molar-refractivity contribution >= 4 is 16.8 Å². The fourth-order valence-electron chi connectivity index (χ4n) is 1.86. The molecule has 0 atom stereocenters. The van der Waals surface area contributed by atoms with Gasteiger partial charge in [-0.15, -0.1) is 0 Å². The van der Waals surface area contributed by atoms with Crippen LogP contribution < -0.4 is 10.1 Å². The number of hydrogen-bond donors (Lipinski definition) is 1. The fraction of sp³-hybridized carbons (Fsp3) is 0.286. The monoisotopic (exact) mass is 242 g/mol. The van der Waals surface area contributed by atoms with Crippen LogP contribution in [-0.2, 0) is 0 Å². The van der Waals surface area contributed by atoms with Crippen molar-refractivity contribution < 1.29 is 9.53 Å². The number of methoxy groups -OCH3 is 1. The van der Waals surface area contributed by atoms with Gasteiger partial charge >= 0.3 is 0 Å². The number of carbonyl (C=O) groups excluding carboxylic acids is 1. The molecule has 1 saturated carbocycles. The number of hydrogen-bond acceptors (Lipinski definition) is 3. The van der Waals surface area contributed by atoms with Crippen LogP contribution in [0.1, 0.15) is 23.2 Å². The van der Waals surface area contributed by atoms with Crippen molar-refractivity contribution in [3.05, 3.63) is 35.9 Å². The molecule has 0 bridgehead atoms. The summed E-state index contributed by atoms with van der Waals surface area (Å²) in [5.74, 6) is 0.577. The molecule has 4 heteroatoms. The Hall–Kier alpha value is -2.10. The van der Waals surface area contributed by atoms with Gasteiger partial charge in [-0.25, -0.2) is 4.98 Å². The molecule has 18 heavy (non-hydrogen) atoms. The smallest absolute Gasteiger partial charge is 0.251 e. The van der Waals surface area contributed by atoms with E-state index in [0.29, 0.717) is 17.5 Å². The van der Waals surface area contributed by atoms with Crippen molar-refractivity contribution in [1.82, 2.24) is 10.3 Å². The third kappa shape index (κ3) is 2.14. The third-order valence-corrected chi connectivity index (χ3v) is 3.05. The molecule has 1 amide bonds. The summed E-state index contributed by atoms with van der Waals surface area (Å²) in [6.07, 6.45) is 2.19. The van der Waals surface area contributed by atoms with Crippen LogP contribution in [0, 0.1) is 0 Å². The van der Waals surface area contributed by atoms with Crippen LogP contribution in [0.15, 0.2) is 30.3 Å². The lowest BCUT2D eigenvalue weighted by atomic mass is 10.1. The summed E-state index contributed by atoms with van der Waals surface area (Å²) in [5.41, 5.74) is 1.51. The molecule has 92 valence electrons. The lowest BCUT2D eigenvalue weighted by Gasteiger charge is -2.05. The molecular weight excluding hydrogens is 228 g/mol. The first kappa shape index (κ1) is 11.0. The van der Waals surface area contributed by atoms with Crippen LogP contribution in [0.3, 0.4) is 0 Å². The van der Waals surface area contributed by atoms with Gasteiger partial charge in [0.05, 0.1) is 12.6 Å². The highest BCUT2D eigenvalue weighted by molar-refractivity contribution is 5.98. The van der Waals surface area contributed by atoms with Crippen LogP contribution >= 0.6 is 0 Å². The van der Waals surface area contributed by atoms with E-state index in [1.54, 1.807) is 19.2 Å². The molecule has 0 radical (unpaired) electrons. The largest absolute Gasteiger partial charge is 0.481 e. The van der Waals surface area contributed by atoms with E-state index in [0.717, 1.165) is 23.7 Å². The number of fused-ring (bicyclic) bond motifs is 1. The average molecular weight is 242 g/mol. The van der Waals surface area contributed by atoms with Crippen LogP contribution in [0.2, 0.25) is 0 Å². The highest BCUT2D eigenvalue weighted by atomic mass is 16.5. The molecule has 2 aromatic rings. The Bertz CT molecular complexity index is 606. The van der Waals surface area contributed by atoms with E-state index in [-0.39, 0.29) is 5.91 Å². The molecule has 4 nitrogen and oxygen atoms in total. The minimum absolute atomic E-state index is 0.00443. The van der Waals surface area contributed by atoms with Gasteiger partial charge in [0, 0.05) is 23.1 Å². The van der Waals surface area contributed by atoms with Crippen LogP contribution in [0.4, 0.5) is 0 Å². The second-order valence-corrected chi connectivity index (χ2v) is 4.51. The summed E-state index contributed by atoms with van der Waals surface area (Å²) in [4.78, 5) is 16.2. The third-order valence-electron chi connectivity index (χ3n) is 3.05. The lowest BCUT2D eigenvalue weighted by Crippen LogP contribution is -2.25. The first-order valence-corrected chi connectivity index (χ1v) is 6.02. The molecule has 1 N–H and O–H groups in total. The normalized spacial score (nSPS) is 14.5. The zero-order valence-electron chi connectivity index (χ0n) is 10.1. The maximum atomic E-state index is 11.9. The minimum Gasteiger partial charge on any atom is -0.481 e. The van der Waals surface area contributed by atoms with Crippen molar-refractivity contribution in [2.24, 2.45) is 0 Å². The molecule has 1 aliphatic rings. The predicted molar refractivity (Wildman–Crippen MR) is 68.8 cm³/mol. The van der Waals surface area contributed by atoms with Crippen LogP contribution in [0.5, 0.6) is 5.88 Å². The molecule has 0 aliphatic heterocycles. The second-order valence-electron chi connectivity index (χ2n) is 4.51. The maximum Gasteiger partial charge on any atom is 0.251 e. The van der Waals surface area contributed by atoms with E-state index in [4.69, 9.17) is 4.74 Å². The van der Waals surface area contributed by atoms with E-state index in [1.165, 1.54) is 0 Å². The molecule has 1 heterocycles. The predicted octanol–water partition coefficient (Wildman–Crippen LogP) is 2.14. The fourth-order valence-corrected chi connectivity index (χ4v) is 1.86. The zero-order chi connectivity index (χ0) is 12.5. The number of amides is 1. The van der Waals surface area contributed by atoms with Gasteiger partial charge < -0.3 is 10.1 Å². The first-order valence-electron chi connectivity index (χ1n) is 6.02. The van der Waals surface area contributed by atoms with Crippen LogP contribution in [-0.4, -0.2) is 24.0 Å². The quantitative estimate of drug-likeness (QED) is 0.897. The minimum atomic E-state index is -0.00443. The van der Waals surface area contributed by atoms with Crippen molar-refractivity contribution in [3.8, 4) is 5.88 Å². The number of rotatable bonds is 3. The van der Waals surface area contributed by atoms with Gasteiger partial charge in [0.1, 0.15) is 0 Å². The Morgan fingerprint density at radius 1 is 1.33 bits per heavy atom. The summed E-state index contributed by atoms with van der Waals surface area (Å²) in [6.45, 7) is 0. The summed E-state index contributed by atoms with van der Waals surface area (Å²) in [5, 5.41) is 3.92. The van der Waals surface area contributed by atoms with Crippen molar-refractivity contribution in [3.63, 3.8) is 0 Å². The summed E-state index contributed by atoms with van der Waals surface area (Å²) < 4.78 is 5.07. The zero-order valence-corrected chi connectivity index (χ0v) is 10.1. The Labute approximate surface area is 105 Å². The Morgan fingerprint density at radius 3 is 2.89 bits per heavy atom. The van der Waals surface area contributed by atoms with Crippen LogP contribution in [0.25, 0.3) is 10.9 Å². The summed E-state index contributed by atoms with van der Waals surface area (Å²) in [7, 11) is 1.59. The SMILES string of the molecule is COc1ccc2cc(C(=O)NC3CC3)ccc2n1. The van der Waals surface area contributed by atoms with Gasteiger partial charge in [-0.05, 0) is 37.1 Å². The van der Waals surface area contributed by atoms with Gasteiger partial charge in [-0.1, -0.05) is 0 Å². The van der Waals surface area contributed by atoms with E-state index < -0.39 is 0 Å². The number of ether oxygens (including phenoxy) is 1. The standard InChI is InChI=1S/C14H14N2O2/c1-18-13-7-3-9-8-10(2-6-12(9)16-13)14(17)15-11-4-5-11/h2-3,6-8,11H,4-5H2,1H3,(H,15,17).